The van der Waals surface area contributed by atoms with Gasteiger partial charge >= 0.3 is 0 Å². The number of carbonyl (C=O) groups excluding carboxylic acids is 11. The molecule has 0 saturated carbocycles. The van der Waals surface area contributed by atoms with E-state index in [9.17, 15) is 68.1 Å². The Morgan fingerprint density at radius 3 is 1.62 bits per heavy atom. The maximum atomic E-state index is 14.6. The number of unbranched alkanes of at least 4 members (excludes halogenated alkanes) is 4. The summed E-state index contributed by atoms with van der Waals surface area (Å²) in [5.74, 6) is -10.0. The SMILES string of the molecule is C/C=C1\NC(=O)[C@H](CCO)NC(=O)C[C@H](CCCCCCC)NC(=O)CNC(=O)[C@H](CC(C)C)NC(=O)[C@H]([C@@H](C)CC)NC(=O)[C@H]([C@@H](C)CC)NC(=O)[C@H](CC(C)C)NC(=O)[C@H](Cc2ccccc2)NC(=O)[C@H](CCO)NC(=O)[C@@H]2CC(O)CN2C1=O. The van der Waals surface area contributed by atoms with Crippen molar-refractivity contribution >= 4 is 65.0 Å². The predicted octanol–water partition coefficient (Wildman–Crippen LogP) is 0.919. The summed E-state index contributed by atoms with van der Waals surface area (Å²) >= 11 is 0. The molecule has 2 heterocycles. The summed E-state index contributed by atoms with van der Waals surface area (Å²) in [5, 5.41) is 58.1. The lowest BCUT2D eigenvalue weighted by molar-refractivity contribution is -0.139. The van der Waals surface area contributed by atoms with Gasteiger partial charge in [0.25, 0.3) is 5.91 Å². The summed E-state index contributed by atoms with van der Waals surface area (Å²) in [6.07, 6.45) is 4.20. The van der Waals surface area contributed by atoms with Crippen LogP contribution >= 0.6 is 0 Å². The number of allylic oxidation sites excluding steroid dienone is 1. The highest BCUT2D eigenvalue weighted by atomic mass is 16.3. The zero-order valence-corrected chi connectivity index (χ0v) is 52.8. The maximum absolute atomic E-state index is 14.6. The number of benzene rings is 1. The maximum Gasteiger partial charge on any atom is 0.270 e. The standard InChI is InChI=1S/C62H101N11O14/c1-11-15-16-17-21-24-41-32-50(77)65-44(25-27-74)55(80)66-43(14-4)62(87)73-35-42(76)33-49(73)59(84)67-45(26-28-75)56(81)69-48(31-40-22-19-18-20-23-40)57(82)68-47(30-37(7)8)58(83)71-53(39(10)13-3)61(86)72-52(38(9)12-2)60(85)70-46(29-36(5)6)54(79)63-34-51(78)64-41/h14,18-20,22-23,36-39,41-42,44-49,52-53,74-76H,11-13,15-17,21,24-35H2,1-10H3,(H,63,79)(H,64,78)(H,65,77)(H,66,80)(H,67,84)(H,68,82)(H,69,81)(H,70,85)(H,71,83)(H,72,86)/b43-14-/t38-,39-,41-,42?,44-,45-,46-,47-,48-,49-,52-,53-/m0/s1. The van der Waals surface area contributed by atoms with E-state index in [-0.39, 0.29) is 69.0 Å². The van der Waals surface area contributed by atoms with Crippen LogP contribution in [0.2, 0.25) is 0 Å². The number of amides is 11. The molecule has 488 valence electrons. The highest BCUT2D eigenvalue weighted by molar-refractivity contribution is 6.02. The van der Waals surface area contributed by atoms with Gasteiger partial charge in [0.2, 0.25) is 59.1 Å². The fourth-order valence-electron chi connectivity index (χ4n) is 10.4. The predicted molar refractivity (Wildman–Crippen MR) is 326 cm³/mol. The van der Waals surface area contributed by atoms with Gasteiger partial charge in [0.15, 0.2) is 0 Å². The van der Waals surface area contributed by atoms with E-state index in [4.69, 9.17) is 0 Å². The third-order valence-corrected chi connectivity index (χ3v) is 15.8. The molecule has 25 nitrogen and oxygen atoms in total. The molecule has 3 rings (SSSR count). The second-order valence-corrected chi connectivity index (χ2v) is 24.0. The van der Waals surface area contributed by atoms with E-state index in [2.05, 4.69) is 60.1 Å². The van der Waals surface area contributed by atoms with E-state index in [0.29, 0.717) is 31.2 Å². The van der Waals surface area contributed by atoms with Crippen LogP contribution in [0.5, 0.6) is 0 Å². The monoisotopic (exact) mass is 1220 g/mol. The number of nitrogens with zero attached hydrogens (tertiary/aromatic N) is 1. The van der Waals surface area contributed by atoms with Crippen molar-refractivity contribution in [3.63, 3.8) is 0 Å². The highest BCUT2D eigenvalue weighted by Gasteiger charge is 2.43. The lowest BCUT2D eigenvalue weighted by Crippen LogP contribution is -2.62. The second kappa shape index (κ2) is 38.3. The van der Waals surface area contributed by atoms with Crippen LogP contribution in [0.3, 0.4) is 0 Å². The first-order valence-electron chi connectivity index (χ1n) is 31.2. The van der Waals surface area contributed by atoms with Gasteiger partial charge in [-0.2, -0.15) is 0 Å². The van der Waals surface area contributed by atoms with Crippen LogP contribution in [0, 0.1) is 23.7 Å². The average molecular weight is 1220 g/mol. The van der Waals surface area contributed by atoms with Gasteiger partial charge in [-0.1, -0.05) is 144 Å². The minimum atomic E-state index is -1.52. The number of carbonyl (C=O) groups is 11. The fourth-order valence-corrected chi connectivity index (χ4v) is 10.4. The Kier molecular flexibility index (Phi) is 32.7. The van der Waals surface area contributed by atoms with Crippen molar-refractivity contribution in [2.45, 2.75) is 226 Å². The summed E-state index contributed by atoms with van der Waals surface area (Å²) in [7, 11) is 0. The number of aliphatic hydroxyl groups excluding tert-OH is 3. The van der Waals surface area contributed by atoms with E-state index in [0.717, 1.165) is 30.6 Å². The number of aliphatic hydroxyl groups is 3. The molecular weight excluding hydrogens is 1120 g/mol. The van der Waals surface area contributed by atoms with Crippen molar-refractivity contribution in [2.75, 3.05) is 26.3 Å². The molecule has 1 aromatic rings. The van der Waals surface area contributed by atoms with Gasteiger partial charge in [0.05, 0.1) is 12.6 Å². The first kappa shape index (κ1) is 74.3. The van der Waals surface area contributed by atoms with Crippen LogP contribution in [0.4, 0.5) is 0 Å². The molecule has 2 saturated heterocycles. The molecule has 11 amide bonds. The molecule has 0 spiro atoms. The third-order valence-electron chi connectivity index (χ3n) is 15.8. The van der Waals surface area contributed by atoms with Crippen LogP contribution in [0.1, 0.15) is 165 Å². The summed E-state index contributed by atoms with van der Waals surface area (Å²) in [4.78, 5) is 157. The number of hydrogen-bond acceptors (Lipinski definition) is 14. The van der Waals surface area contributed by atoms with E-state index in [1.165, 1.54) is 13.0 Å². The summed E-state index contributed by atoms with van der Waals surface area (Å²) < 4.78 is 0. The number of rotatable bonds is 20. The summed E-state index contributed by atoms with van der Waals surface area (Å²) in [6.45, 7) is 15.8. The molecule has 0 bridgehead atoms. The van der Waals surface area contributed by atoms with Gasteiger partial charge in [-0.05, 0) is 68.3 Å². The molecule has 2 fully saturated rings. The van der Waals surface area contributed by atoms with Gasteiger partial charge < -0.3 is 73.4 Å². The molecule has 12 atom stereocenters. The van der Waals surface area contributed by atoms with Gasteiger partial charge in [0, 0.05) is 45.1 Å². The van der Waals surface area contributed by atoms with Crippen LogP contribution in [-0.2, 0) is 59.2 Å². The average Bonchev–Trinajstić information content (AvgIpc) is 2.97. The topological polar surface area (TPSA) is 372 Å². The molecule has 0 aromatic heterocycles. The van der Waals surface area contributed by atoms with Gasteiger partial charge in [-0.3, -0.25) is 52.7 Å². The molecule has 2 aliphatic rings. The van der Waals surface area contributed by atoms with Crippen molar-refractivity contribution < 1.29 is 68.1 Å². The normalized spacial score (nSPS) is 26.6. The van der Waals surface area contributed by atoms with E-state index in [1.54, 1.807) is 44.2 Å². The molecule has 1 aromatic carbocycles. The molecule has 2 aliphatic heterocycles. The lowest BCUT2D eigenvalue weighted by Gasteiger charge is -2.31. The molecular formula is C62H101N11O14. The second-order valence-electron chi connectivity index (χ2n) is 24.0. The summed E-state index contributed by atoms with van der Waals surface area (Å²) in [5.41, 5.74) is 0.244. The minimum Gasteiger partial charge on any atom is -0.396 e. The molecule has 13 N–H and O–H groups in total. The Hall–Kier alpha value is -6.99. The van der Waals surface area contributed by atoms with E-state index >= 15 is 0 Å². The summed E-state index contributed by atoms with van der Waals surface area (Å²) in [6, 6.07) is -2.83. The van der Waals surface area contributed by atoms with Crippen molar-refractivity contribution in [1.29, 1.82) is 0 Å². The smallest absolute Gasteiger partial charge is 0.270 e. The zero-order valence-electron chi connectivity index (χ0n) is 52.8. The van der Waals surface area contributed by atoms with Gasteiger partial charge in [-0.15, -0.1) is 0 Å². The van der Waals surface area contributed by atoms with E-state index in [1.807, 2.05) is 41.5 Å². The largest absolute Gasteiger partial charge is 0.396 e. The number of fused-ring (bicyclic) bond motifs is 1. The van der Waals surface area contributed by atoms with Crippen molar-refractivity contribution in [1.82, 2.24) is 58.1 Å². The quantitative estimate of drug-likeness (QED) is 0.0638. The Bertz CT molecular complexity index is 2480. The van der Waals surface area contributed by atoms with Crippen molar-refractivity contribution in [3.05, 3.63) is 47.7 Å². The first-order valence-corrected chi connectivity index (χ1v) is 31.2. The molecule has 87 heavy (non-hydrogen) atoms. The number of nitrogens with one attached hydrogen (secondary N) is 10. The van der Waals surface area contributed by atoms with E-state index < -0.39 is 157 Å². The first-order chi connectivity index (χ1) is 41.3. The zero-order chi connectivity index (χ0) is 64.9. The van der Waals surface area contributed by atoms with Crippen LogP contribution in [-0.4, -0.2) is 172 Å². The molecule has 0 radical (unpaired) electrons. The highest BCUT2D eigenvalue weighted by Crippen LogP contribution is 2.22. The minimum absolute atomic E-state index is 0.0705. The Labute approximate surface area is 513 Å². The third kappa shape index (κ3) is 25.0. The molecule has 0 aliphatic carbocycles. The Balaban J connectivity index is 2.18. The fraction of sp³-hybridized carbons (Fsp3) is 0.694. The molecule has 1 unspecified atom stereocenters. The van der Waals surface area contributed by atoms with Crippen molar-refractivity contribution in [3.8, 4) is 0 Å². The van der Waals surface area contributed by atoms with Gasteiger partial charge in [0.1, 0.15) is 54.0 Å². The molecule has 25 heteroatoms. The number of hydrogen-bond donors (Lipinski definition) is 13. The van der Waals surface area contributed by atoms with Crippen LogP contribution < -0.4 is 53.2 Å². The Morgan fingerprint density at radius 2 is 1.06 bits per heavy atom. The van der Waals surface area contributed by atoms with Crippen LogP contribution in [0.25, 0.3) is 0 Å². The van der Waals surface area contributed by atoms with Gasteiger partial charge in [-0.25, -0.2) is 0 Å². The Morgan fingerprint density at radius 1 is 0.552 bits per heavy atom. The van der Waals surface area contributed by atoms with Crippen molar-refractivity contribution in [2.24, 2.45) is 23.7 Å². The van der Waals surface area contributed by atoms with Crippen LogP contribution in [0.15, 0.2) is 42.1 Å². The lowest BCUT2D eigenvalue weighted by atomic mass is 9.93.